The zero-order valence-corrected chi connectivity index (χ0v) is 16.3. The van der Waals surface area contributed by atoms with Gasteiger partial charge in [0.2, 0.25) is 0 Å². The van der Waals surface area contributed by atoms with Crippen molar-refractivity contribution in [3.05, 3.63) is 94.8 Å². The molecule has 8 heteroatoms. The Hall–Kier alpha value is -3.19. The quantitative estimate of drug-likeness (QED) is 0.305. The molecule has 0 atom stereocenters. The number of hydrogen-bond donors (Lipinski definition) is 0. The molecule has 1 amide bonds. The van der Waals surface area contributed by atoms with Crippen molar-refractivity contribution in [1.29, 1.82) is 0 Å². The summed E-state index contributed by atoms with van der Waals surface area (Å²) in [6.07, 6.45) is -2.81. The maximum absolute atomic E-state index is 12.9. The van der Waals surface area contributed by atoms with Crippen LogP contribution in [-0.4, -0.2) is 23.2 Å². The normalized spacial score (nSPS) is 11.2. The van der Waals surface area contributed by atoms with E-state index in [0.717, 1.165) is 12.1 Å². The summed E-state index contributed by atoms with van der Waals surface area (Å²) in [5, 5.41) is 0.225. The highest BCUT2D eigenvalue weighted by atomic mass is 35.5. The highest BCUT2D eigenvalue weighted by Crippen LogP contribution is 2.29. The molecule has 0 radical (unpaired) electrons. The lowest BCUT2D eigenvalue weighted by molar-refractivity contribution is -0.137. The minimum atomic E-state index is -4.42. The summed E-state index contributed by atoms with van der Waals surface area (Å²) in [6.45, 7) is 0.0755. The van der Waals surface area contributed by atoms with Gasteiger partial charge in [-0.05, 0) is 36.2 Å². The van der Waals surface area contributed by atoms with Crippen molar-refractivity contribution in [2.45, 2.75) is 12.6 Å². The molecule has 0 bridgehead atoms. The van der Waals surface area contributed by atoms with Gasteiger partial charge in [-0.15, -0.1) is 0 Å². The Balaban J connectivity index is 1.82. The fraction of sp³-hybridized carbons (Fsp3) is 0.136. The number of carbonyl (C=O) groups is 2. The molecule has 1 aromatic heterocycles. The lowest BCUT2D eigenvalue weighted by Gasteiger charge is -2.22. The highest BCUT2D eigenvalue weighted by Gasteiger charge is 2.30. The fourth-order valence-electron chi connectivity index (χ4n) is 2.81. The van der Waals surface area contributed by atoms with Crippen LogP contribution < -0.4 is 4.90 Å². The second kappa shape index (κ2) is 9.09. The molecule has 0 fully saturated rings. The van der Waals surface area contributed by atoms with Crippen LogP contribution in [0.2, 0.25) is 5.15 Å². The Kier molecular flexibility index (Phi) is 6.52. The van der Waals surface area contributed by atoms with E-state index in [-0.39, 0.29) is 23.7 Å². The van der Waals surface area contributed by atoms with Crippen LogP contribution in [0, 0.1) is 0 Å². The van der Waals surface area contributed by atoms with Gasteiger partial charge in [-0.3, -0.25) is 9.59 Å². The lowest BCUT2D eigenvalue weighted by atomic mass is 10.1. The number of rotatable bonds is 6. The van der Waals surface area contributed by atoms with Gasteiger partial charge in [-0.25, -0.2) is 4.98 Å². The Morgan fingerprint density at radius 2 is 1.60 bits per heavy atom. The van der Waals surface area contributed by atoms with E-state index in [0.29, 0.717) is 11.3 Å². The molecule has 0 saturated carbocycles. The first kappa shape index (κ1) is 21.5. The summed E-state index contributed by atoms with van der Waals surface area (Å²) < 4.78 is 38.2. The highest BCUT2D eigenvalue weighted by molar-refractivity contribution is 6.47. The van der Waals surface area contributed by atoms with E-state index in [2.05, 4.69) is 4.98 Å². The first-order valence-corrected chi connectivity index (χ1v) is 9.32. The van der Waals surface area contributed by atoms with Crippen molar-refractivity contribution < 1.29 is 22.8 Å². The van der Waals surface area contributed by atoms with Gasteiger partial charge in [0.1, 0.15) is 5.15 Å². The molecule has 4 nitrogen and oxygen atoms in total. The molecule has 0 aliphatic carbocycles. The average Bonchev–Trinajstić information content (AvgIpc) is 2.74. The fourth-order valence-corrected chi connectivity index (χ4v) is 2.92. The molecule has 0 aliphatic rings. The van der Waals surface area contributed by atoms with Crippen LogP contribution in [0.1, 0.15) is 21.5 Å². The summed E-state index contributed by atoms with van der Waals surface area (Å²) in [5.74, 6) is -1.46. The zero-order chi connectivity index (χ0) is 21.7. The van der Waals surface area contributed by atoms with Gasteiger partial charge in [-0.1, -0.05) is 54.1 Å². The zero-order valence-electron chi connectivity index (χ0n) is 15.6. The van der Waals surface area contributed by atoms with Crippen LogP contribution in [0.4, 0.5) is 18.9 Å². The van der Waals surface area contributed by atoms with Gasteiger partial charge < -0.3 is 4.90 Å². The average molecular weight is 433 g/mol. The number of Topliss-reactive ketones (excluding diaryl/α,β-unsaturated/α-hetero) is 1. The number of benzene rings is 2. The van der Waals surface area contributed by atoms with Crippen LogP contribution in [0.3, 0.4) is 0 Å². The van der Waals surface area contributed by atoms with E-state index in [9.17, 15) is 22.8 Å². The van der Waals surface area contributed by atoms with Crippen LogP contribution in [0.5, 0.6) is 0 Å². The molecule has 1 heterocycles. The first-order chi connectivity index (χ1) is 14.3. The summed E-state index contributed by atoms with van der Waals surface area (Å²) in [6, 6.07) is 15.8. The summed E-state index contributed by atoms with van der Waals surface area (Å²) in [5.41, 5.74) is 0.444. The van der Waals surface area contributed by atoms with Crippen molar-refractivity contribution in [1.82, 2.24) is 4.98 Å². The topological polar surface area (TPSA) is 50.3 Å². The Bertz CT molecular complexity index is 1020. The van der Waals surface area contributed by atoms with Gasteiger partial charge in [-0.2, -0.15) is 13.2 Å². The standard InChI is InChI=1S/C22H16ClF3N2O2/c23-19-11-10-18(14-27-19)28(21(30)20(29)16-4-2-1-3-5-16)13-12-15-6-8-17(9-7-15)22(24,25)26/h1-11,14H,12-13H2. The SMILES string of the molecule is O=C(C(=O)N(CCc1ccc(C(F)(F)F)cc1)c1ccc(Cl)nc1)c1ccccc1. The Labute approximate surface area is 175 Å². The van der Waals surface area contributed by atoms with E-state index in [1.165, 1.54) is 41.4 Å². The number of carbonyl (C=O) groups excluding carboxylic acids is 2. The van der Waals surface area contributed by atoms with Crippen molar-refractivity contribution in [2.24, 2.45) is 0 Å². The van der Waals surface area contributed by atoms with Gasteiger partial charge in [0.25, 0.3) is 11.7 Å². The van der Waals surface area contributed by atoms with Crippen LogP contribution in [0.15, 0.2) is 72.9 Å². The smallest absolute Gasteiger partial charge is 0.304 e. The Morgan fingerprint density at radius 3 is 2.17 bits per heavy atom. The van der Waals surface area contributed by atoms with E-state index in [4.69, 9.17) is 11.6 Å². The number of hydrogen-bond acceptors (Lipinski definition) is 3. The monoisotopic (exact) mass is 432 g/mol. The van der Waals surface area contributed by atoms with Crippen LogP contribution >= 0.6 is 11.6 Å². The third kappa shape index (κ3) is 5.24. The maximum Gasteiger partial charge on any atom is 0.416 e. The van der Waals surface area contributed by atoms with Crippen molar-refractivity contribution in [3.63, 3.8) is 0 Å². The summed E-state index contributed by atoms with van der Waals surface area (Å²) in [4.78, 5) is 30.7. The molecule has 0 spiro atoms. The molecule has 0 unspecified atom stereocenters. The molecule has 3 aromatic rings. The molecule has 2 aromatic carbocycles. The number of ketones is 1. The van der Waals surface area contributed by atoms with E-state index in [1.54, 1.807) is 24.3 Å². The van der Waals surface area contributed by atoms with Gasteiger partial charge in [0.05, 0.1) is 17.4 Å². The van der Waals surface area contributed by atoms with Crippen molar-refractivity contribution in [3.8, 4) is 0 Å². The van der Waals surface area contributed by atoms with Crippen molar-refractivity contribution in [2.75, 3.05) is 11.4 Å². The van der Waals surface area contributed by atoms with Gasteiger partial charge in [0, 0.05) is 12.1 Å². The second-order valence-electron chi connectivity index (χ2n) is 6.44. The van der Waals surface area contributed by atoms with Crippen molar-refractivity contribution >= 4 is 29.0 Å². The number of pyridine rings is 1. The second-order valence-corrected chi connectivity index (χ2v) is 6.82. The predicted molar refractivity (Wildman–Crippen MR) is 108 cm³/mol. The molecular weight excluding hydrogens is 417 g/mol. The van der Waals surface area contributed by atoms with Gasteiger partial charge >= 0.3 is 6.18 Å². The third-order valence-electron chi connectivity index (χ3n) is 4.40. The number of alkyl halides is 3. The lowest BCUT2D eigenvalue weighted by Crippen LogP contribution is -2.38. The molecule has 0 N–H and O–H groups in total. The minimum Gasteiger partial charge on any atom is -0.304 e. The first-order valence-electron chi connectivity index (χ1n) is 8.94. The molecular formula is C22H16ClF3N2O2. The van der Waals surface area contributed by atoms with Gasteiger partial charge in [0.15, 0.2) is 0 Å². The number of halogens is 4. The molecule has 30 heavy (non-hydrogen) atoms. The third-order valence-corrected chi connectivity index (χ3v) is 4.63. The largest absolute Gasteiger partial charge is 0.416 e. The van der Waals surface area contributed by atoms with Crippen LogP contribution in [0.25, 0.3) is 0 Å². The minimum absolute atomic E-state index is 0.0755. The van der Waals surface area contributed by atoms with Crippen LogP contribution in [-0.2, 0) is 17.4 Å². The number of amides is 1. The van der Waals surface area contributed by atoms with E-state index >= 15 is 0 Å². The molecule has 0 saturated heterocycles. The summed E-state index contributed by atoms with van der Waals surface area (Å²) >= 11 is 5.81. The van der Waals surface area contributed by atoms with E-state index in [1.807, 2.05) is 0 Å². The number of nitrogens with zero attached hydrogens (tertiary/aromatic N) is 2. The molecule has 154 valence electrons. The molecule has 3 rings (SSSR count). The Morgan fingerprint density at radius 1 is 0.933 bits per heavy atom. The number of anilines is 1. The summed E-state index contributed by atoms with van der Waals surface area (Å²) in [7, 11) is 0. The predicted octanol–water partition coefficient (Wildman–Crippen LogP) is 5.21. The van der Waals surface area contributed by atoms with E-state index < -0.39 is 23.4 Å². The molecule has 0 aliphatic heterocycles. The maximum atomic E-state index is 12.9. The number of aromatic nitrogens is 1.